The van der Waals surface area contributed by atoms with E-state index in [0.717, 1.165) is 0 Å². The molecule has 6 heteroatoms. The van der Waals surface area contributed by atoms with Crippen LogP contribution >= 0.6 is 12.6 Å². The Bertz CT molecular complexity index is 133. The normalized spacial score (nSPS) is 8.91. The number of hydrogen-bond donors (Lipinski definition) is 3. The average molecular weight is 272 g/mol. The Morgan fingerprint density at radius 2 is 1.45 bits per heavy atom. The van der Waals surface area contributed by atoms with Gasteiger partial charge in [0.2, 0.25) is 0 Å². The van der Waals surface area contributed by atoms with Gasteiger partial charge in [0.05, 0.1) is 12.8 Å². The maximum Gasteiger partial charge on any atom is 0.304 e. The number of thiol groups is 1. The maximum absolute atomic E-state index is 9.95. The van der Waals surface area contributed by atoms with Crippen LogP contribution in [0.2, 0.25) is 0 Å². The monoisotopic (exact) mass is 271 g/mol. The fourth-order valence-corrected chi connectivity index (χ4v) is 0.788. The van der Waals surface area contributed by atoms with Gasteiger partial charge in [-0.25, -0.2) is 0 Å². The number of carboxylic acid groups (broad SMARTS) is 2. The molecular weight excluding hydrogens is 264 g/mol. The van der Waals surface area contributed by atoms with Crippen molar-refractivity contribution in [3.63, 3.8) is 0 Å². The van der Waals surface area contributed by atoms with Crippen molar-refractivity contribution in [2.24, 2.45) is 0 Å². The molecule has 69 valence electrons. The van der Waals surface area contributed by atoms with Gasteiger partial charge < -0.3 is 10.2 Å². The number of hydrogen-bond acceptors (Lipinski definition) is 3. The minimum absolute atomic E-state index is 0. The minimum atomic E-state index is -1.03. The van der Waals surface area contributed by atoms with Crippen LogP contribution in [0.3, 0.4) is 0 Å². The van der Waals surface area contributed by atoms with Crippen molar-refractivity contribution in [1.82, 2.24) is 0 Å². The van der Waals surface area contributed by atoms with Crippen molar-refractivity contribution in [1.29, 1.82) is 0 Å². The van der Waals surface area contributed by atoms with Crippen molar-refractivity contribution in [2.75, 3.05) is 0 Å². The van der Waals surface area contributed by atoms with Crippen molar-refractivity contribution in [3.8, 4) is 0 Å². The number of carbonyl (C=O) groups is 2. The fraction of sp³-hybridized carbons (Fsp3) is 0.600. The largest absolute Gasteiger partial charge is 0.481 e. The first-order chi connectivity index (χ1) is 4.52. The number of rotatable bonds is 4. The molecule has 0 amide bonds. The van der Waals surface area contributed by atoms with Gasteiger partial charge in [0.1, 0.15) is 0 Å². The summed E-state index contributed by atoms with van der Waals surface area (Å²) in [4.78, 5) is 19.9. The van der Waals surface area contributed by atoms with Crippen LogP contribution in [0.1, 0.15) is 12.8 Å². The molecule has 0 aromatic carbocycles. The molecule has 4 nitrogen and oxygen atoms in total. The Kier molecular flexibility index (Phi) is 8.32. The van der Waals surface area contributed by atoms with Crippen LogP contribution in [-0.4, -0.2) is 27.4 Å². The summed E-state index contributed by atoms with van der Waals surface area (Å²) in [6.07, 6.45) is -0.426. The van der Waals surface area contributed by atoms with Crippen molar-refractivity contribution in [3.05, 3.63) is 0 Å². The van der Waals surface area contributed by atoms with Gasteiger partial charge in [-0.1, -0.05) is 0 Å². The summed E-state index contributed by atoms with van der Waals surface area (Å²) in [6, 6.07) is 0. The van der Waals surface area contributed by atoms with Gasteiger partial charge in [-0.2, -0.15) is 12.6 Å². The van der Waals surface area contributed by atoms with Gasteiger partial charge in [0.25, 0.3) is 0 Å². The van der Waals surface area contributed by atoms with Gasteiger partial charge in [-0.05, 0) is 0 Å². The first kappa shape index (κ1) is 13.6. The van der Waals surface area contributed by atoms with Crippen LogP contribution in [0.4, 0.5) is 0 Å². The van der Waals surface area contributed by atoms with Crippen molar-refractivity contribution >= 4 is 24.6 Å². The first-order valence-corrected chi connectivity index (χ1v) is 3.15. The molecule has 0 aliphatic rings. The Hall–Kier alpha value is 0.0303. The van der Waals surface area contributed by atoms with E-state index < -0.39 is 17.2 Å². The summed E-state index contributed by atoms with van der Waals surface area (Å²) in [5, 5.41) is 15.7. The second kappa shape index (κ2) is 6.72. The van der Waals surface area contributed by atoms with E-state index in [2.05, 4.69) is 12.6 Å². The zero-order valence-electron chi connectivity index (χ0n) is 5.45. The third-order valence-corrected chi connectivity index (χ3v) is 1.19. The maximum atomic E-state index is 9.95. The van der Waals surface area contributed by atoms with E-state index in [-0.39, 0.29) is 35.2 Å². The van der Waals surface area contributed by atoms with Crippen LogP contribution in [-0.2, 0) is 32.0 Å². The summed E-state index contributed by atoms with van der Waals surface area (Å²) in [5.41, 5.74) is 0. The molecule has 0 rings (SSSR count). The van der Waals surface area contributed by atoms with Gasteiger partial charge >= 0.3 is 11.9 Å². The third kappa shape index (κ3) is 10.0. The van der Waals surface area contributed by atoms with E-state index in [9.17, 15) is 9.59 Å². The molecule has 0 fully saturated rings. The van der Waals surface area contributed by atoms with Crippen LogP contribution in [0.5, 0.6) is 0 Å². The molecule has 0 aromatic rings. The van der Waals surface area contributed by atoms with Crippen LogP contribution in [0, 0.1) is 0 Å². The average Bonchev–Trinajstić information content (AvgIpc) is 1.58. The standard InChI is InChI=1S/C5H8O4S.Ag/c6-4(7)1-3(10)2-5(8)9;/h3,10H,1-2H2,(H,6,7)(H,8,9);. The van der Waals surface area contributed by atoms with E-state index in [0.29, 0.717) is 0 Å². The molecule has 11 heavy (non-hydrogen) atoms. The first-order valence-electron chi connectivity index (χ1n) is 2.64. The Balaban J connectivity index is 0. The van der Waals surface area contributed by atoms with Crippen LogP contribution < -0.4 is 0 Å². The summed E-state index contributed by atoms with van der Waals surface area (Å²) >= 11 is 3.75. The molecule has 1 radical (unpaired) electrons. The van der Waals surface area contributed by atoms with E-state index in [1.165, 1.54) is 0 Å². The number of carboxylic acids is 2. The molecule has 0 unspecified atom stereocenters. The second-order valence-corrected chi connectivity index (χ2v) is 2.58. The molecule has 0 saturated heterocycles. The SMILES string of the molecule is O=C(O)CC(S)CC(=O)O.[Ag]. The van der Waals surface area contributed by atoms with Gasteiger partial charge in [0.15, 0.2) is 0 Å². The molecule has 0 aliphatic heterocycles. The third-order valence-electron chi connectivity index (χ3n) is 0.820. The Morgan fingerprint density at radius 1 is 1.18 bits per heavy atom. The van der Waals surface area contributed by atoms with E-state index in [1.54, 1.807) is 0 Å². The second-order valence-electron chi connectivity index (χ2n) is 1.85. The quantitative estimate of drug-likeness (QED) is 0.506. The van der Waals surface area contributed by atoms with Crippen LogP contribution in [0.25, 0.3) is 0 Å². The number of aliphatic carboxylic acids is 2. The molecule has 0 heterocycles. The molecule has 0 aromatic heterocycles. The van der Waals surface area contributed by atoms with E-state index >= 15 is 0 Å². The van der Waals surface area contributed by atoms with Gasteiger partial charge in [-0.15, -0.1) is 0 Å². The van der Waals surface area contributed by atoms with Gasteiger partial charge in [-0.3, -0.25) is 9.59 Å². The summed E-state index contributed by atoms with van der Waals surface area (Å²) in [6.45, 7) is 0. The molecular formula is C5H8AgO4S. The molecule has 0 bridgehead atoms. The zero-order chi connectivity index (χ0) is 8.15. The predicted octanol–water partition coefficient (Wildman–Crippen LogP) is 0.232. The summed E-state index contributed by atoms with van der Waals surface area (Å²) < 4.78 is 0. The van der Waals surface area contributed by atoms with Crippen LogP contribution in [0.15, 0.2) is 0 Å². The van der Waals surface area contributed by atoms with Crippen molar-refractivity contribution in [2.45, 2.75) is 18.1 Å². The molecule has 0 atom stereocenters. The molecule has 0 aliphatic carbocycles. The van der Waals surface area contributed by atoms with E-state index in [4.69, 9.17) is 10.2 Å². The molecule has 0 saturated carbocycles. The van der Waals surface area contributed by atoms with E-state index in [1.807, 2.05) is 0 Å². The van der Waals surface area contributed by atoms with Gasteiger partial charge in [0, 0.05) is 27.6 Å². The predicted molar refractivity (Wildman–Crippen MR) is 37.3 cm³/mol. The Morgan fingerprint density at radius 3 is 1.64 bits per heavy atom. The smallest absolute Gasteiger partial charge is 0.304 e. The summed E-state index contributed by atoms with van der Waals surface area (Å²) in [7, 11) is 0. The Labute approximate surface area is 84.9 Å². The fourth-order valence-electron chi connectivity index (χ4n) is 0.475. The van der Waals surface area contributed by atoms with Crippen molar-refractivity contribution < 1.29 is 42.2 Å². The molecule has 0 spiro atoms. The topological polar surface area (TPSA) is 74.6 Å². The minimum Gasteiger partial charge on any atom is -0.481 e. The molecule has 2 N–H and O–H groups in total. The zero-order valence-corrected chi connectivity index (χ0v) is 7.83. The summed E-state index contributed by atoms with van der Waals surface area (Å²) in [5.74, 6) is -2.05.